The van der Waals surface area contributed by atoms with Crippen LogP contribution in [0.5, 0.6) is 11.5 Å². The molecule has 2 N–H and O–H groups in total. The van der Waals surface area contributed by atoms with E-state index in [9.17, 15) is 24.8 Å². The minimum atomic E-state index is -1.20. The summed E-state index contributed by atoms with van der Waals surface area (Å²) in [4.78, 5) is 34.0. The fourth-order valence-corrected chi connectivity index (χ4v) is 4.27. The Bertz CT molecular complexity index is 733. The molecule has 0 bridgehead atoms. The molecule has 0 aliphatic carbocycles. The maximum atomic E-state index is 11.8. The Balaban J connectivity index is 2.85. The van der Waals surface area contributed by atoms with Gasteiger partial charge in [0.1, 0.15) is 0 Å². The predicted molar refractivity (Wildman–Crippen MR) is 101 cm³/mol. The van der Waals surface area contributed by atoms with Crippen molar-refractivity contribution in [3.63, 3.8) is 0 Å². The maximum absolute atomic E-state index is 11.8. The standard InChI is InChI=1S/C17H24N2O8Se/c1-17(2,3)27-16(22)18-11(15(20)21)9-28-8-10-6-13(25-4)14(26-5)7-12(10)19(23)24/h6-7,11H,8-9H2,1-5H3,(H,18,22)(H,20,21)/t11-/m0/s1. The number of benzene rings is 1. The molecule has 0 aliphatic rings. The van der Waals surface area contributed by atoms with Crippen LogP contribution in [0.3, 0.4) is 0 Å². The Morgan fingerprint density at radius 3 is 2.29 bits per heavy atom. The summed E-state index contributed by atoms with van der Waals surface area (Å²) in [6, 6.07) is 1.64. The van der Waals surface area contributed by atoms with Crippen molar-refractivity contribution in [2.24, 2.45) is 0 Å². The van der Waals surface area contributed by atoms with E-state index in [0.29, 0.717) is 11.3 Å². The second-order valence-electron chi connectivity index (χ2n) is 6.65. The molecular formula is C17H24N2O8Se. The molecule has 0 heterocycles. The van der Waals surface area contributed by atoms with Gasteiger partial charge in [0.25, 0.3) is 0 Å². The molecule has 1 rings (SSSR count). The quantitative estimate of drug-likeness (QED) is 0.323. The Hall–Kier alpha value is -2.52. The number of aliphatic carboxylic acids is 1. The van der Waals surface area contributed by atoms with Crippen LogP contribution in [-0.2, 0) is 14.9 Å². The second kappa shape index (κ2) is 10.1. The monoisotopic (exact) mass is 464 g/mol. The first-order valence-corrected chi connectivity index (χ1v) is 10.6. The van der Waals surface area contributed by atoms with Gasteiger partial charge in [0.2, 0.25) is 0 Å². The van der Waals surface area contributed by atoms with Gasteiger partial charge in [0.15, 0.2) is 0 Å². The van der Waals surface area contributed by atoms with Crippen molar-refractivity contribution >= 4 is 32.7 Å². The average molecular weight is 463 g/mol. The number of carboxylic acid groups (broad SMARTS) is 1. The number of amides is 1. The number of rotatable bonds is 9. The normalized spacial score (nSPS) is 12.0. The van der Waals surface area contributed by atoms with Crippen molar-refractivity contribution in [1.82, 2.24) is 5.32 Å². The zero-order chi connectivity index (χ0) is 21.5. The van der Waals surface area contributed by atoms with Gasteiger partial charge in [-0.2, -0.15) is 0 Å². The number of carboxylic acids is 1. The molecule has 0 saturated heterocycles. The van der Waals surface area contributed by atoms with Gasteiger partial charge in [0, 0.05) is 0 Å². The summed E-state index contributed by atoms with van der Waals surface area (Å²) < 4.78 is 15.3. The average Bonchev–Trinajstić information content (AvgIpc) is 2.58. The molecule has 1 aromatic rings. The van der Waals surface area contributed by atoms with Crippen LogP contribution < -0.4 is 14.8 Å². The second-order valence-corrected chi connectivity index (χ2v) is 8.81. The van der Waals surface area contributed by atoms with Crippen LogP contribution in [-0.4, -0.2) is 62.9 Å². The molecule has 0 aliphatic heterocycles. The van der Waals surface area contributed by atoms with Crippen LogP contribution in [0.1, 0.15) is 26.3 Å². The van der Waals surface area contributed by atoms with Gasteiger partial charge in [-0.15, -0.1) is 0 Å². The zero-order valence-electron chi connectivity index (χ0n) is 16.3. The Morgan fingerprint density at radius 1 is 1.25 bits per heavy atom. The molecule has 0 unspecified atom stereocenters. The Kier molecular flexibility index (Phi) is 8.52. The van der Waals surface area contributed by atoms with Gasteiger partial charge < -0.3 is 0 Å². The van der Waals surface area contributed by atoms with Gasteiger partial charge in [0.05, 0.1) is 0 Å². The fourth-order valence-electron chi connectivity index (χ4n) is 2.11. The molecule has 0 radical (unpaired) electrons. The van der Waals surface area contributed by atoms with E-state index in [1.807, 2.05) is 0 Å². The van der Waals surface area contributed by atoms with E-state index in [4.69, 9.17) is 14.2 Å². The van der Waals surface area contributed by atoms with E-state index in [0.717, 1.165) is 0 Å². The molecule has 0 spiro atoms. The topological polar surface area (TPSA) is 137 Å². The van der Waals surface area contributed by atoms with E-state index in [-0.39, 0.29) is 37.0 Å². The summed E-state index contributed by atoms with van der Waals surface area (Å²) in [5.41, 5.74) is -0.478. The summed E-state index contributed by atoms with van der Waals surface area (Å²) in [7, 11) is 2.80. The molecule has 0 aromatic heterocycles. The van der Waals surface area contributed by atoms with Gasteiger partial charge >= 0.3 is 168 Å². The summed E-state index contributed by atoms with van der Waals surface area (Å²) >= 11 is -0.345. The number of carbonyl (C=O) groups excluding carboxylic acids is 1. The van der Waals surface area contributed by atoms with E-state index < -0.39 is 28.6 Å². The van der Waals surface area contributed by atoms with E-state index in [2.05, 4.69) is 5.32 Å². The van der Waals surface area contributed by atoms with Crippen molar-refractivity contribution in [2.75, 3.05) is 14.2 Å². The summed E-state index contributed by atoms with van der Waals surface area (Å²) in [5.74, 6) is -0.615. The molecule has 10 nitrogen and oxygen atoms in total. The minimum absolute atomic E-state index is 0.132. The Labute approximate surface area is 168 Å². The summed E-state index contributed by atoms with van der Waals surface area (Å²) in [6.45, 7) is 5.01. The molecule has 0 fully saturated rings. The first-order chi connectivity index (χ1) is 13.0. The molecule has 11 heteroatoms. The molecule has 1 aromatic carbocycles. The number of ether oxygens (including phenoxy) is 3. The Morgan fingerprint density at radius 2 is 1.82 bits per heavy atom. The third kappa shape index (κ3) is 7.24. The first-order valence-electron chi connectivity index (χ1n) is 8.17. The van der Waals surface area contributed by atoms with E-state index >= 15 is 0 Å². The van der Waals surface area contributed by atoms with Crippen molar-refractivity contribution in [2.45, 2.75) is 43.1 Å². The van der Waals surface area contributed by atoms with Crippen LogP contribution in [0.25, 0.3) is 0 Å². The number of hydrogen-bond donors (Lipinski definition) is 2. The molecule has 1 amide bonds. The van der Waals surface area contributed by atoms with E-state index in [1.54, 1.807) is 20.8 Å². The molecule has 28 heavy (non-hydrogen) atoms. The predicted octanol–water partition coefficient (Wildman–Crippen LogP) is 2.21. The number of hydrogen-bond acceptors (Lipinski definition) is 7. The number of nitrogens with zero attached hydrogens (tertiary/aromatic N) is 1. The van der Waals surface area contributed by atoms with Crippen LogP contribution in [0.4, 0.5) is 10.5 Å². The van der Waals surface area contributed by atoms with Crippen molar-refractivity contribution < 1.29 is 33.8 Å². The molecule has 1 atom stereocenters. The van der Waals surface area contributed by atoms with Crippen LogP contribution in [0.2, 0.25) is 5.32 Å². The van der Waals surface area contributed by atoms with Crippen LogP contribution in [0.15, 0.2) is 12.1 Å². The van der Waals surface area contributed by atoms with Gasteiger partial charge in [-0.1, -0.05) is 0 Å². The number of nitro groups is 1. The zero-order valence-corrected chi connectivity index (χ0v) is 18.0. The number of carbonyl (C=O) groups is 2. The van der Waals surface area contributed by atoms with E-state index in [1.165, 1.54) is 26.4 Å². The fraction of sp³-hybridized carbons (Fsp3) is 0.529. The van der Waals surface area contributed by atoms with Crippen molar-refractivity contribution in [3.05, 3.63) is 27.8 Å². The number of alkyl carbamates (subject to hydrolysis) is 1. The van der Waals surface area contributed by atoms with Gasteiger partial charge in [-0.25, -0.2) is 0 Å². The molecular weight excluding hydrogens is 439 g/mol. The van der Waals surface area contributed by atoms with Crippen LogP contribution in [0, 0.1) is 10.1 Å². The third-order valence-corrected chi connectivity index (χ3v) is 5.59. The summed E-state index contributed by atoms with van der Waals surface area (Å²) in [6.07, 6.45) is -0.826. The number of nitrogens with one attached hydrogen (secondary N) is 1. The first kappa shape index (κ1) is 23.5. The van der Waals surface area contributed by atoms with Crippen molar-refractivity contribution in [3.8, 4) is 11.5 Å². The molecule has 0 saturated carbocycles. The summed E-state index contributed by atoms with van der Waals surface area (Å²) in [5, 5.41) is 23.4. The number of nitro benzene ring substituents is 1. The third-order valence-electron chi connectivity index (χ3n) is 3.31. The van der Waals surface area contributed by atoms with Gasteiger partial charge in [-0.05, 0) is 0 Å². The molecule has 156 valence electrons. The number of methoxy groups -OCH3 is 2. The van der Waals surface area contributed by atoms with Gasteiger partial charge in [-0.3, -0.25) is 0 Å². The SMILES string of the molecule is COc1cc(C[Se]C[C@H](NC(=O)OC(C)(C)C)C(=O)O)c([N+](=O)[O-])cc1OC. The van der Waals surface area contributed by atoms with Crippen molar-refractivity contribution in [1.29, 1.82) is 0 Å². The van der Waals surface area contributed by atoms with Crippen LogP contribution >= 0.6 is 0 Å².